The number of aryl methyl sites for hydroxylation is 1. The zero-order chi connectivity index (χ0) is 20.9. The second kappa shape index (κ2) is 9.61. The topological polar surface area (TPSA) is 90.0 Å². The number of hydrogen-bond acceptors (Lipinski definition) is 6. The van der Waals surface area contributed by atoms with Crippen LogP contribution in [0.2, 0.25) is 0 Å². The quantitative estimate of drug-likeness (QED) is 0.625. The van der Waals surface area contributed by atoms with Crippen LogP contribution in [0.3, 0.4) is 0 Å². The van der Waals surface area contributed by atoms with Gasteiger partial charge in [0.15, 0.2) is 23.1 Å². The first-order chi connectivity index (χ1) is 13.8. The van der Waals surface area contributed by atoms with Gasteiger partial charge in [0, 0.05) is 12.1 Å². The molecule has 1 atom stereocenters. The van der Waals surface area contributed by atoms with Crippen LogP contribution in [0.15, 0.2) is 24.3 Å². The van der Waals surface area contributed by atoms with Gasteiger partial charge in [-0.15, -0.1) is 0 Å². The van der Waals surface area contributed by atoms with Crippen molar-refractivity contribution in [2.75, 3.05) is 24.7 Å². The number of benzene rings is 1. The Kier molecular flexibility index (Phi) is 7.16. The Labute approximate surface area is 172 Å². The van der Waals surface area contributed by atoms with Crippen LogP contribution in [0.4, 0.5) is 0 Å². The highest BCUT2D eigenvalue weighted by Crippen LogP contribution is 2.28. The Balaban J connectivity index is 1.55. The average molecular weight is 424 g/mol. The molecule has 0 bridgehead atoms. The summed E-state index contributed by atoms with van der Waals surface area (Å²) in [6, 6.07) is 7.01. The highest BCUT2D eigenvalue weighted by Gasteiger charge is 2.38. The van der Waals surface area contributed by atoms with Crippen molar-refractivity contribution in [2.45, 2.75) is 57.5 Å². The van der Waals surface area contributed by atoms with E-state index in [1.165, 1.54) is 0 Å². The number of rotatable bonds is 7. The van der Waals surface area contributed by atoms with Crippen LogP contribution in [0.5, 0.6) is 5.75 Å². The van der Waals surface area contributed by atoms with E-state index < -0.39 is 15.8 Å². The Morgan fingerprint density at radius 3 is 2.48 bits per heavy atom. The SMILES string of the molecule is Cc1cccc(OCC(=O)OCC(=O)N(C2CCCCC2)C2CCS(=O)(=O)C2)c1. The molecule has 1 amide bonds. The molecule has 160 valence electrons. The van der Waals surface area contributed by atoms with Gasteiger partial charge in [0.25, 0.3) is 5.91 Å². The molecule has 7 nitrogen and oxygen atoms in total. The molecule has 0 radical (unpaired) electrons. The molecule has 2 fully saturated rings. The highest BCUT2D eigenvalue weighted by atomic mass is 32.2. The first-order valence-electron chi connectivity index (χ1n) is 10.2. The summed E-state index contributed by atoms with van der Waals surface area (Å²) in [7, 11) is -3.11. The Bertz CT molecular complexity index is 831. The molecule has 0 N–H and O–H groups in total. The van der Waals surface area contributed by atoms with E-state index in [9.17, 15) is 18.0 Å². The molecule has 1 heterocycles. The van der Waals surface area contributed by atoms with Gasteiger partial charge >= 0.3 is 5.97 Å². The molecule has 1 aromatic rings. The monoisotopic (exact) mass is 423 g/mol. The fourth-order valence-corrected chi connectivity index (χ4v) is 5.88. The van der Waals surface area contributed by atoms with Crippen LogP contribution in [-0.4, -0.2) is 62.0 Å². The molecule has 8 heteroatoms. The van der Waals surface area contributed by atoms with Gasteiger partial charge in [0.1, 0.15) is 5.75 Å². The number of esters is 1. The van der Waals surface area contributed by atoms with E-state index in [1.807, 2.05) is 25.1 Å². The zero-order valence-corrected chi connectivity index (χ0v) is 17.7. The summed E-state index contributed by atoms with van der Waals surface area (Å²) in [5.74, 6) is -0.267. The first-order valence-corrected chi connectivity index (χ1v) is 12.0. The van der Waals surface area contributed by atoms with Crippen LogP contribution >= 0.6 is 0 Å². The minimum absolute atomic E-state index is 0.000341. The van der Waals surface area contributed by atoms with Crippen molar-refractivity contribution in [1.82, 2.24) is 4.90 Å². The van der Waals surface area contributed by atoms with Crippen LogP contribution in [0.25, 0.3) is 0 Å². The third kappa shape index (κ3) is 6.19. The van der Waals surface area contributed by atoms with E-state index in [1.54, 1.807) is 11.0 Å². The number of carbonyl (C=O) groups excluding carboxylic acids is 2. The van der Waals surface area contributed by atoms with Crippen LogP contribution in [0.1, 0.15) is 44.1 Å². The molecule has 1 saturated carbocycles. The minimum Gasteiger partial charge on any atom is -0.482 e. The summed E-state index contributed by atoms with van der Waals surface area (Å²) in [5, 5.41) is 0. The Hall–Kier alpha value is -2.09. The van der Waals surface area contributed by atoms with Gasteiger partial charge in [-0.2, -0.15) is 0 Å². The maximum absolute atomic E-state index is 12.9. The van der Waals surface area contributed by atoms with E-state index >= 15 is 0 Å². The first kappa shape index (κ1) is 21.6. The number of carbonyl (C=O) groups is 2. The van der Waals surface area contributed by atoms with Crippen LogP contribution in [-0.2, 0) is 24.2 Å². The lowest BCUT2D eigenvalue weighted by Gasteiger charge is -2.38. The molecule has 1 aromatic carbocycles. The summed E-state index contributed by atoms with van der Waals surface area (Å²) in [6.45, 7) is 1.26. The van der Waals surface area contributed by atoms with Crippen molar-refractivity contribution in [3.63, 3.8) is 0 Å². The number of nitrogens with zero attached hydrogens (tertiary/aromatic N) is 1. The van der Waals surface area contributed by atoms with Crippen molar-refractivity contribution in [1.29, 1.82) is 0 Å². The van der Waals surface area contributed by atoms with Crippen LogP contribution in [0, 0.1) is 6.92 Å². The van der Waals surface area contributed by atoms with E-state index in [0.29, 0.717) is 12.2 Å². The molecule has 1 aliphatic heterocycles. The van der Waals surface area contributed by atoms with Gasteiger partial charge in [-0.25, -0.2) is 13.2 Å². The predicted molar refractivity (Wildman–Crippen MR) is 108 cm³/mol. The zero-order valence-electron chi connectivity index (χ0n) is 16.8. The van der Waals surface area contributed by atoms with E-state index in [4.69, 9.17) is 9.47 Å². The second-order valence-electron chi connectivity index (χ2n) is 7.92. The summed E-state index contributed by atoms with van der Waals surface area (Å²) in [6.07, 6.45) is 5.37. The normalized spacial score (nSPS) is 21.5. The molecule has 3 rings (SSSR count). The van der Waals surface area contributed by atoms with E-state index in [0.717, 1.165) is 37.7 Å². The number of hydrogen-bond donors (Lipinski definition) is 0. The maximum Gasteiger partial charge on any atom is 0.344 e. The molecule has 1 saturated heterocycles. The summed E-state index contributed by atoms with van der Waals surface area (Å²) < 4.78 is 34.4. The molecule has 29 heavy (non-hydrogen) atoms. The summed E-state index contributed by atoms with van der Waals surface area (Å²) in [4.78, 5) is 26.6. The highest BCUT2D eigenvalue weighted by molar-refractivity contribution is 7.91. The fourth-order valence-electron chi connectivity index (χ4n) is 4.17. The minimum atomic E-state index is -3.11. The van der Waals surface area contributed by atoms with E-state index in [-0.39, 0.29) is 42.7 Å². The average Bonchev–Trinajstić information content (AvgIpc) is 3.05. The lowest BCUT2D eigenvalue weighted by molar-refractivity contribution is -0.155. The predicted octanol–water partition coefficient (Wildman–Crippen LogP) is 2.27. The fraction of sp³-hybridized carbons (Fsp3) is 0.619. The lowest BCUT2D eigenvalue weighted by atomic mass is 9.93. The number of amides is 1. The largest absolute Gasteiger partial charge is 0.482 e. The van der Waals surface area contributed by atoms with Gasteiger partial charge in [-0.1, -0.05) is 31.4 Å². The number of sulfone groups is 1. The molecule has 0 spiro atoms. The van der Waals surface area contributed by atoms with Gasteiger partial charge in [-0.05, 0) is 43.9 Å². The second-order valence-corrected chi connectivity index (χ2v) is 10.1. The van der Waals surface area contributed by atoms with Gasteiger partial charge in [-0.3, -0.25) is 4.79 Å². The standard InChI is InChI=1S/C21H29NO6S/c1-16-6-5-9-19(12-16)27-14-21(24)28-13-20(23)22(17-7-3-2-4-8-17)18-10-11-29(25,26)15-18/h5-6,9,12,17-18H,2-4,7-8,10-11,13-15H2,1H3. The molecule has 1 unspecified atom stereocenters. The van der Waals surface area contributed by atoms with Crippen molar-refractivity contribution < 1.29 is 27.5 Å². The third-order valence-electron chi connectivity index (χ3n) is 5.56. The lowest BCUT2D eigenvalue weighted by Crippen LogP contribution is -2.50. The smallest absolute Gasteiger partial charge is 0.344 e. The van der Waals surface area contributed by atoms with Gasteiger partial charge in [0.05, 0.1) is 11.5 Å². The van der Waals surface area contributed by atoms with Crippen molar-refractivity contribution >= 4 is 21.7 Å². The van der Waals surface area contributed by atoms with Crippen LogP contribution < -0.4 is 4.74 Å². The van der Waals surface area contributed by atoms with E-state index in [2.05, 4.69) is 0 Å². The Morgan fingerprint density at radius 1 is 1.07 bits per heavy atom. The van der Waals surface area contributed by atoms with Gasteiger partial charge < -0.3 is 14.4 Å². The van der Waals surface area contributed by atoms with Crippen molar-refractivity contribution in [3.05, 3.63) is 29.8 Å². The summed E-state index contributed by atoms with van der Waals surface area (Å²) in [5.41, 5.74) is 1.01. The van der Waals surface area contributed by atoms with Gasteiger partial charge in [0.2, 0.25) is 0 Å². The molecule has 1 aliphatic carbocycles. The maximum atomic E-state index is 12.9. The van der Waals surface area contributed by atoms with Crippen molar-refractivity contribution in [2.24, 2.45) is 0 Å². The number of ether oxygens (including phenoxy) is 2. The summed E-state index contributed by atoms with van der Waals surface area (Å²) >= 11 is 0. The third-order valence-corrected chi connectivity index (χ3v) is 7.31. The van der Waals surface area contributed by atoms with Crippen molar-refractivity contribution in [3.8, 4) is 5.75 Å². The molecular weight excluding hydrogens is 394 g/mol. The molecular formula is C21H29NO6S. The molecule has 0 aromatic heterocycles. The molecule has 2 aliphatic rings. The Morgan fingerprint density at radius 2 is 1.83 bits per heavy atom.